The minimum Gasteiger partial charge on any atom is -0.207 e. The van der Waals surface area contributed by atoms with Crippen LogP contribution < -0.4 is 0 Å². The Morgan fingerprint density at radius 1 is 1.38 bits per heavy atom. The van der Waals surface area contributed by atoms with Crippen molar-refractivity contribution in [1.82, 2.24) is 0 Å². The van der Waals surface area contributed by atoms with E-state index in [4.69, 9.17) is 5.26 Å². The fraction of sp³-hybridized carbons (Fsp3) is 0.417. The van der Waals surface area contributed by atoms with E-state index in [2.05, 4.69) is 6.07 Å². The molecule has 1 aliphatic carbocycles. The Bertz CT molecular complexity index is 435. The maximum atomic E-state index is 13.3. The highest BCUT2D eigenvalue weighted by Gasteiger charge is 2.42. The van der Waals surface area contributed by atoms with Crippen LogP contribution in [0.25, 0.3) is 0 Å². The molecule has 0 saturated heterocycles. The van der Waals surface area contributed by atoms with Crippen LogP contribution in [0, 0.1) is 28.4 Å². The van der Waals surface area contributed by atoms with Crippen LogP contribution in [0.4, 0.5) is 8.78 Å². The van der Waals surface area contributed by atoms with Crippen LogP contribution in [0.1, 0.15) is 19.3 Å². The monoisotopic (exact) mass is 239 g/mol. The Hall–Kier alpha value is -1.08. The van der Waals surface area contributed by atoms with Gasteiger partial charge in [-0.3, -0.25) is 0 Å². The second kappa shape index (κ2) is 4.42. The van der Waals surface area contributed by atoms with Crippen LogP contribution in [0.5, 0.6) is 0 Å². The van der Waals surface area contributed by atoms with Gasteiger partial charge in [-0.05, 0) is 30.4 Å². The number of benzene rings is 1. The molecule has 1 saturated carbocycles. The van der Waals surface area contributed by atoms with Crippen molar-refractivity contribution in [3.8, 4) is 6.07 Å². The van der Waals surface area contributed by atoms with Gasteiger partial charge in [0.15, 0.2) is 0 Å². The highest BCUT2D eigenvalue weighted by atomic mass is 32.2. The lowest BCUT2D eigenvalue weighted by molar-refractivity contribution is 0.564. The number of nitriles is 1. The molecular weight excluding hydrogens is 228 g/mol. The molecule has 0 bridgehead atoms. The molecule has 1 nitrogen and oxygen atoms in total. The molecule has 0 spiro atoms. The Labute approximate surface area is 97.5 Å². The lowest BCUT2D eigenvalue weighted by atomic mass is 10.1. The predicted octanol–water partition coefficient (Wildman–Crippen LogP) is 3.75. The normalized spacial score (nSPS) is 16.8. The molecule has 4 heteroatoms. The van der Waals surface area contributed by atoms with Crippen molar-refractivity contribution >= 4 is 11.8 Å². The third-order valence-corrected chi connectivity index (χ3v) is 4.24. The maximum Gasteiger partial charge on any atom is 0.139 e. The predicted molar refractivity (Wildman–Crippen MR) is 59.0 cm³/mol. The average molecular weight is 239 g/mol. The molecular formula is C12H11F2NS. The van der Waals surface area contributed by atoms with Crippen molar-refractivity contribution in [2.24, 2.45) is 5.41 Å². The molecule has 2 rings (SSSR count). The second-order valence-corrected chi connectivity index (χ2v) is 5.22. The van der Waals surface area contributed by atoms with E-state index in [1.54, 1.807) is 0 Å². The van der Waals surface area contributed by atoms with Gasteiger partial charge in [-0.15, -0.1) is 11.8 Å². The van der Waals surface area contributed by atoms with Crippen LogP contribution in [0.2, 0.25) is 0 Å². The Balaban J connectivity index is 1.98. The minimum absolute atomic E-state index is 0.0836. The van der Waals surface area contributed by atoms with Gasteiger partial charge in [-0.1, -0.05) is 0 Å². The van der Waals surface area contributed by atoms with E-state index in [1.165, 1.54) is 23.9 Å². The van der Waals surface area contributed by atoms with Gasteiger partial charge in [-0.25, -0.2) is 8.78 Å². The standard InChI is InChI=1S/C12H11F2NS/c13-9-1-2-11(10(14)7-9)16-8-12(3-4-12)5-6-15/h1-2,7H,3-5,8H2. The third-order valence-electron chi connectivity index (χ3n) is 2.84. The first kappa shape index (κ1) is 11.4. The summed E-state index contributed by atoms with van der Waals surface area (Å²) in [5.74, 6) is -0.332. The third kappa shape index (κ3) is 2.53. The minimum atomic E-state index is -0.556. The van der Waals surface area contributed by atoms with Crippen molar-refractivity contribution < 1.29 is 8.78 Å². The summed E-state index contributed by atoms with van der Waals surface area (Å²) in [6.45, 7) is 0. The number of halogens is 2. The lowest BCUT2D eigenvalue weighted by Gasteiger charge is -2.10. The molecule has 0 amide bonds. The molecule has 1 fully saturated rings. The molecule has 0 radical (unpaired) electrons. The number of rotatable bonds is 4. The zero-order valence-electron chi connectivity index (χ0n) is 8.67. The van der Waals surface area contributed by atoms with E-state index in [-0.39, 0.29) is 5.41 Å². The molecule has 1 aliphatic rings. The summed E-state index contributed by atoms with van der Waals surface area (Å²) in [4.78, 5) is 0.464. The fourth-order valence-electron chi connectivity index (χ4n) is 1.54. The molecule has 1 aromatic carbocycles. The summed E-state index contributed by atoms with van der Waals surface area (Å²) in [7, 11) is 0. The highest BCUT2D eigenvalue weighted by Crippen LogP contribution is 2.51. The Morgan fingerprint density at radius 2 is 2.12 bits per heavy atom. The average Bonchev–Trinajstić information content (AvgIpc) is 2.98. The first-order chi connectivity index (χ1) is 7.65. The molecule has 0 atom stereocenters. The molecule has 0 N–H and O–H groups in total. The van der Waals surface area contributed by atoms with Crippen molar-refractivity contribution in [3.05, 3.63) is 29.8 Å². The van der Waals surface area contributed by atoms with E-state index in [9.17, 15) is 8.78 Å². The smallest absolute Gasteiger partial charge is 0.139 e. The largest absolute Gasteiger partial charge is 0.207 e. The van der Waals surface area contributed by atoms with Gasteiger partial charge in [0.05, 0.1) is 6.07 Å². The molecule has 1 aromatic rings. The van der Waals surface area contributed by atoms with Gasteiger partial charge in [0.1, 0.15) is 11.6 Å². The van der Waals surface area contributed by atoms with Crippen molar-refractivity contribution in [2.45, 2.75) is 24.2 Å². The van der Waals surface area contributed by atoms with Crippen LogP contribution in [0.15, 0.2) is 23.1 Å². The summed E-state index contributed by atoms with van der Waals surface area (Å²) in [6.07, 6.45) is 2.61. The first-order valence-corrected chi connectivity index (χ1v) is 6.09. The Morgan fingerprint density at radius 3 is 2.69 bits per heavy atom. The zero-order chi connectivity index (χ0) is 11.6. The van der Waals surface area contributed by atoms with Gasteiger partial charge in [0.2, 0.25) is 0 Å². The number of nitrogens with zero attached hydrogens (tertiary/aromatic N) is 1. The van der Waals surface area contributed by atoms with Crippen LogP contribution in [0.3, 0.4) is 0 Å². The van der Waals surface area contributed by atoms with Gasteiger partial charge < -0.3 is 0 Å². The lowest BCUT2D eigenvalue weighted by Crippen LogP contribution is -2.02. The summed E-state index contributed by atoms with van der Waals surface area (Å²) < 4.78 is 26.0. The van der Waals surface area contributed by atoms with E-state index < -0.39 is 11.6 Å². The van der Waals surface area contributed by atoms with E-state index in [1.807, 2.05) is 0 Å². The van der Waals surface area contributed by atoms with Gasteiger partial charge in [0.25, 0.3) is 0 Å². The van der Waals surface area contributed by atoms with Crippen LogP contribution >= 0.6 is 11.8 Å². The summed E-state index contributed by atoms with van der Waals surface area (Å²) in [5.41, 5.74) is 0.0836. The Kier molecular flexibility index (Phi) is 3.15. The van der Waals surface area contributed by atoms with Crippen molar-refractivity contribution in [2.75, 3.05) is 5.75 Å². The fourth-order valence-corrected chi connectivity index (χ4v) is 2.75. The van der Waals surface area contributed by atoms with Crippen molar-refractivity contribution in [3.63, 3.8) is 0 Å². The summed E-state index contributed by atoms with van der Waals surface area (Å²) >= 11 is 1.37. The first-order valence-electron chi connectivity index (χ1n) is 5.10. The van der Waals surface area contributed by atoms with E-state index >= 15 is 0 Å². The molecule has 84 valence electrons. The number of hydrogen-bond donors (Lipinski definition) is 0. The molecule has 0 unspecified atom stereocenters. The molecule has 0 aliphatic heterocycles. The molecule has 16 heavy (non-hydrogen) atoms. The van der Waals surface area contributed by atoms with Gasteiger partial charge >= 0.3 is 0 Å². The van der Waals surface area contributed by atoms with Crippen molar-refractivity contribution in [1.29, 1.82) is 5.26 Å². The SMILES string of the molecule is N#CCC1(CSc2ccc(F)cc2F)CC1. The van der Waals surface area contributed by atoms with Gasteiger partial charge in [0, 0.05) is 23.1 Å². The number of hydrogen-bond acceptors (Lipinski definition) is 2. The summed E-state index contributed by atoms with van der Waals surface area (Å²) in [5, 5.41) is 8.65. The quantitative estimate of drug-likeness (QED) is 0.747. The van der Waals surface area contributed by atoms with Crippen LogP contribution in [-0.4, -0.2) is 5.75 Å². The molecule has 0 heterocycles. The zero-order valence-corrected chi connectivity index (χ0v) is 9.49. The highest BCUT2D eigenvalue weighted by molar-refractivity contribution is 7.99. The molecule has 0 aromatic heterocycles. The van der Waals surface area contributed by atoms with Gasteiger partial charge in [-0.2, -0.15) is 5.26 Å². The second-order valence-electron chi connectivity index (χ2n) is 4.20. The van der Waals surface area contributed by atoms with Crippen LogP contribution in [-0.2, 0) is 0 Å². The maximum absolute atomic E-state index is 13.3. The van der Waals surface area contributed by atoms with E-state index in [0.717, 1.165) is 24.7 Å². The topological polar surface area (TPSA) is 23.8 Å². The summed E-state index contributed by atoms with van der Waals surface area (Å²) in [6, 6.07) is 5.77. The van der Waals surface area contributed by atoms with E-state index in [0.29, 0.717) is 11.3 Å². The number of thioether (sulfide) groups is 1.